The van der Waals surface area contributed by atoms with Crippen LogP contribution in [0.1, 0.15) is 12.8 Å². The molecule has 0 amide bonds. The summed E-state index contributed by atoms with van der Waals surface area (Å²) in [5.74, 6) is 2.47. The molecule has 0 spiro atoms. The topological polar surface area (TPSA) is 89.3 Å². The van der Waals surface area contributed by atoms with Crippen LogP contribution < -0.4 is 5.32 Å². The van der Waals surface area contributed by atoms with E-state index in [4.69, 9.17) is 6.42 Å². The van der Waals surface area contributed by atoms with Crippen LogP contribution in [0.3, 0.4) is 0 Å². The van der Waals surface area contributed by atoms with Crippen molar-refractivity contribution in [3.8, 4) is 12.3 Å². The van der Waals surface area contributed by atoms with E-state index in [9.17, 15) is 18.5 Å². The lowest BCUT2D eigenvalue weighted by Crippen LogP contribution is -2.06. The number of nitrogens with zero attached hydrogens (tertiary/aromatic N) is 1. The zero-order valence-corrected chi connectivity index (χ0v) is 11.2. The van der Waals surface area contributed by atoms with E-state index in [-0.39, 0.29) is 16.3 Å². The fourth-order valence-electron chi connectivity index (χ4n) is 1.46. The normalized spacial score (nSPS) is 10.7. The van der Waals surface area contributed by atoms with Crippen molar-refractivity contribution < 1.29 is 13.3 Å². The zero-order valence-electron chi connectivity index (χ0n) is 10.4. The van der Waals surface area contributed by atoms with Crippen molar-refractivity contribution in [1.82, 2.24) is 0 Å². The Bertz CT molecular complexity index is 617. The van der Waals surface area contributed by atoms with E-state index in [2.05, 4.69) is 11.2 Å². The van der Waals surface area contributed by atoms with Crippen LogP contribution in [-0.4, -0.2) is 26.1 Å². The highest BCUT2D eigenvalue weighted by molar-refractivity contribution is 7.90. The minimum Gasteiger partial charge on any atom is -0.379 e. The number of hydrogen-bond donors (Lipinski definition) is 1. The first kappa shape index (κ1) is 15.0. The van der Waals surface area contributed by atoms with Crippen LogP contribution in [0.2, 0.25) is 0 Å². The highest BCUT2D eigenvalue weighted by Gasteiger charge is 2.18. The number of nitro benzene ring substituents is 1. The van der Waals surface area contributed by atoms with Crippen LogP contribution in [0.5, 0.6) is 0 Å². The molecule has 0 bridgehead atoms. The molecule has 0 aliphatic rings. The summed E-state index contributed by atoms with van der Waals surface area (Å²) in [7, 11) is -3.46. The van der Waals surface area contributed by atoms with Gasteiger partial charge in [0.2, 0.25) is 0 Å². The van der Waals surface area contributed by atoms with Gasteiger partial charge in [-0.25, -0.2) is 8.42 Å². The van der Waals surface area contributed by atoms with Gasteiger partial charge in [0.15, 0.2) is 9.84 Å². The van der Waals surface area contributed by atoms with Gasteiger partial charge in [0.25, 0.3) is 5.69 Å². The summed E-state index contributed by atoms with van der Waals surface area (Å²) in [6.07, 6.45) is 7.36. The molecule has 102 valence electrons. The van der Waals surface area contributed by atoms with Crippen LogP contribution in [0.15, 0.2) is 23.1 Å². The highest BCUT2D eigenvalue weighted by atomic mass is 32.2. The molecule has 0 unspecified atom stereocenters. The molecule has 1 aromatic carbocycles. The van der Waals surface area contributed by atoms with Gasteiger partial charge in [0.05, 0.1) is 9.82 Å². The average molecular weight is 282 g/mol. The number of rotatable bonds is 6. The van der Waals surface area contributed by atoms with Crippen molar-refractivity contribution in [3.05, 3.63) is 28.3 Å². The Hall–Kier alpha value is -2.07. The molecule has 0 aliphatic heterocycles. The van der Waals surface area contributed by atoms with Gasteiger partial charge in [-0.3, -0.25) is 10.1 Å². The van der Waals surface area contributed by atoms with Crippen molar-refractivity contribution >= 4 is 21.2 Å². The minimum absolute atomic E-state index is 0.0756. The second kappa shape index (κ2) is 6.20. The molecule has 6 nitrogen and oxygen atoms in total. The lowest BCUT2D eigenvalue weighted by atomic mass is 10.2. The summed E-state index contributed by atoms with van der Waals surface area (Å²) >= 11 is 0. The molecule has 1 rings (SSSR count). The molecule has 7 heteroatoms. The van der Waals surface area contributed by atoms with Crippen molar-refractivity contribution in [2.75, 3.05) is 18.1 Å². The monoisotopic (exact) mass is 282 g/mol. The third kappa shape index (κ3) is 4.26. The van der Waals surface area contributed by atoms with Crippen LogP contribution in [0, 0.1) is 22.5 Å². The molecular weight excluding hydrogens is 268 g/mol. The van der Waals surface area contributed by atoms with Gasteiger partial charge < -0.3 is 5.32 Å². The molecule has 0 radical (unpaired) electrons. The molecule has 0 atom stereocenters. The van der Waals surface area contributed by atoms with Gasteiger partial charge >= 0.3 is 0 Å². The number of unbranched alkanes of at least 4 members (excludes halogenated alkanes) is 1. The summed E-state index contributed by atoms with van der Waals surface area (Å²) in [6.45, 7) is 0.489. The summed E-state index contributed by atoms with van der Waals surface area (Å²) in [5.41, 5.74) is 0.0260. The molecule has 0 saturated carbocycles. The Labute approximate surface area is 111 Å². The second-order valence-electron chi connectivity index (χ2n) is 3.94. The molecular formula is C12H14N2O4S. The first-order valence-electron chi connectivity index (χ1n) is 5.52. The largest absolute Gasteiger partial charge is 0.379 e. The first-order chi connectivity index (χ1) is 8.86. The van der Waals surface area contributed by atoms with E-state index in [0.717, 1.165) is 12.3 Å². The maximum absolute atomic E-state index is 11.4. The van der Waals surface area contributed by atoms with Crippen molar-refractivity contribution in [2.24, 2.45) is 0 Å². The van der Waals surface area contributed by atoms with Gasteiger partial charge in [-0.15, -0.1) is 12.3 Å². The van der Waals surface area contributed by atoms with Gasteiger partial charge in [0, 0.05) is 25.3 Å². The molecule has 1 N–H and O–H groups in total. The lowest BCUT2D eigenvalue weighted by molar-refractivity contribution is -0.384. The fourth-order valence-corrected chi connectivity index (χ4v) is 2.10. The van der Waals surface area contributed by atoms with Crippen LogP contribution in [0.4, 0.5) is 11.4 Å². The number of nitro groups is 1. The van der Waals surface area contributed by atoms with E-state index >= 15 is 0 Å². The third-order valence-corrected chi connectivity index (χ3v) is 3.52. The van der Waals surface area contributed by atoms with E-state index in [1.165, 1.54) is 12.1 Å². The molecule has 0 aromatic heterocycles. The number of anilines is 1. The third-order valence-electron chi connectivity index (χ3n) is 2.41. The van der Waals surface area contributed by atoms with Gasteiger partial charge in [0.1, 0.15) is 5.69 Å². The Morgan fingerprint density at radius 3 is 2.68 bits per heavy atom. The number of sulfone groups is 1. The van der Waals surface area contributed by atoms with Crippen molar-refractivity contribution in [1.29, 1.82) is 0 Å². The average Bonchev–Trinajstić information content (AvgIpc) is 2.33. The predicted octanol–water partition coefficient (Wildman–Crippen LogP) is 1.82. The van der Waals surface area contributed by atoms with Crippen LogP contribution in [0.25, 0.3) is 0 Å². The predicted molar refractivity (Wildman–Crippen MR) is 72.8 cm³/mol. The van der Waals surface area contributed by atoms with E-state index in [0.29, 0.717) is 19.4 Å². The Morgan fingerprint density at radius 2 is 2.16 bits per heavy atom. The van der Waals surface area contributed by atoms with Gasteiger partial charge in [-0.1, -0.05) is 0 Å². The molecule has 0 saturated heterocycles. The van der Waals surface area contributed by atoms with Crippen molar-refractivity contribution in [3.63, 3.8) is 0 Å². The molecule has 0 aliphatic carbocycles. The minimum atomic E-state index is -3.46. The lowest BCUT2D eigenvalue weighted by Gasteiger charge is -2.07. The smallest absolute Gasteiger partial charge is 0.293 e. The Morgan fingerprint density at radius 1 is 1.47 bits per heavy atom. The standard InChI is InChI=1S/C12H14N2O4S/c1-3-4-5-8-13-11-7-6-10(19(2,17)18)9-12(11)14(15)16/h1,6-7,9,13H,4-5,8H2,2H3. The summed E-state index contributed by atoms with van der Waals surface area (Å²) in [5, 5.41) is 13.8. The summed E-state index contributed by atoms with van der Waals surface area (Å²) in [4.78, 5) is 10.2. The van der Waals surface area contributed by atoms with Crippen LogP contribution in [-0.2, 0) is 9.84 Å². The number of nitrogens with one attached hydrogen (secondary N) is 1. The van der Waals surface area contributed by atoms with E-state index < -0.39 is 14.8 Å². The van der Waals surface area contributed by atoms with Crippen molar-refractivity contribution in [2.45, 2.75) is 17.7 Å². The van der Waals surface area contributed by atoms with E-state index in [1.54, 1.807) is 0 Å². The summed E-state index contributed by atoms with van der Waals surface area (Å²) < 4.78 is 22.7. The van der Waals surface area contributed by atoms with Crippen LogP contribution >= 0.6 is 0 Å². The van der Waals surface area contributed by atoms with E-state index in [1.807, 2.05) is 0 Å². The number of benzene rings is 1. The zero-order chi connectivity index (χ0) is 14.5. The Kier molecular flexibility index (Phi) is 4.89. The first-order valence-corrected chi connectivity index (χ1v) is 7.41. The van der Waals surface area contributed by atoms with Gasteiger partial charge in [-0.2, -0.15) is 0 Å². The molecule has 1 aromatic rings. The Balaban J connectivity index is 3.00. The SMILES string of the molecule is C#CCCCNc1ccc(S(C)(=O)=O)cc1[N+](=O)[O-]. The number of hydrogen-bond acceptors (Lipinski definition) is 5. The maximum atomic E-state index is 11.4. The summed E-state index contributed by atoms with van der Waals surface area (Å²) in [6, 6.07) is 3.79. The van der Waals surface area contributed by atoms with Gasteiger partial charge in [-0.05, 0) is 18.6 Å². The fraction of sp³-hybridized carbons (Fsp3) is 0.333. The molecule has 19 heavy (non-hydrogen) atoms. The number of terminal acetylenes is 1. The molecule has 0 fully saturated rings. The maximum Gasteiger partial charge on any atom is 0.293 e. The molecule has 0 heterocycles. The quantitative estimate of drug-likeness (QED) is 0.372. The highest BCUT2D eigenvalue weighted by Crippen LogP contribution is 2.27. The second-order valence-corrected chi connectivity index (χ2v) is 5.96.